The predicted octanol–water partition coefficient (Wildman–Crippen LogP) is 1.07. The first-order valence-corrected chi connectivity index (χ1v) is 4.75. The van der Waals surface area contributed by atoms with E-state index >= 15 is 0 Å². The molecule has 5 N–H and O–H groups in total. The molecule has 1 aliphatic carbocycles. The van der Waals surface area contributed by atoms with E-state index in [2.05, 4.69) is 5.32 Å². The van der Waals surface area contributed by atoms with Crippen molar-refractivity contribution in [1.82, 2.24) is 5.32 Å². The standard InChI is InChI=1S/C9H18N4/c1-6(10)7-3-2-4-8(5-7)13-9(11)12/h7-8,10H,2-5H2,1H3,(H4,11,12,13)/t7-,8+/m0/s1. The average molecular weight is 182 g/mol. The molecule has 4 heteroatoms. The molecule has 2 atom stereocenters. The minimum Gasteiger partial charge on any atom is -0.370 e. The largest absolute Gasteiger partial charge is 0.370 e. The average Bonchev–Trinajstić information content (AvgIpc) is 2.03. The van der Waals surface area contributed by atoms with Crippen LogP contribution in [0.2, 0.25) is 0 Å². The highest BCUT2D eigenvalue weighted by Crippen LogP contribution is 2.24. The van der Waals surface area contributed by atoms with E-state index in [0.29, 0.717) is 12.0 Å². The summed E-state index contributed by atoms with van der Waals surface area (Å²) in [5.41, 5.74) is 6.02. The maximum Gasteiger partial charge on any atom is 0.185 e. The summed E-state index contributed by atoms with van der Waals surface area (Å²) in [6.07, 6.45) is 4.27. The van der Waals surface area contributed by atoms with Crippen molar-refractivity contribution in [3.63, 3.8) is 0 Å². The molecule has 0 bridgehead atoms. The van der Waals surface area contributed by atoms with Gasteiger partial charge < -0.3 is 16.5 Å². The summed E-state index contributed by atoms with van der Waals surface area (Å²) < 4.78 is 0. The predicted molar refractivity (Wildman–Crippen MR) is 54.2 cm³/mol. The van der Waals surface area contributed by atoms with E-state index in [1.165, 1.54) is 0 Å². The lowest BCUT2D eigenvalue weighted by Crippen LogP contribution is -2.42. The monoisotopic (exact) mass is 182 g/mol. The molecular weight excluding hydrogens is 164 g/mol. The second-order valence-electron chi connectivity index (χ2n) is 3.80. The minimum absolute atomic E-state index is 0.0493. The fourth-order valence-electron chi connectivity index (χ4n) is 1.93. The van der Waals surface area contributed by atoms with Gasteiger partial charge in [0.1, 0.15) is 0 Å². The number of hydrogen-bond acceptors (Lipinski definition) is 2. The van der Waals surface area contributed by atoms with Crippen LogP contribution in [0.1, 0.15) is 32.6 Å². The van der Waals surface area contributed by atoms with Crippen LogP contribution in [-0.4, -0.2) is 17.7 Å². The van der Waals surface area contributed by atoms with Gasteiger partial charge in [0.15, 0.2) is 5.96 Å². The highest BCUT2D eigenvalue weighted by molar-refractivity contribution is 5.81. The highest BCUT2D eigenvalue weighted by atomic mass is 15.1. The molecule has 74 valence electrons. The van der Waals surface area contributed by atoms with Gasteiger partial charge in [-0.2, -0.15) is 0 Å². The molecule has 0 aliphatic heterocycles. The van der Waals surface area contributed by atoms with Crippen molar-refractivity contribution in [2.45, 2.75) is 38.6 Å². The number of nitrogens with two attached hydrogens (primary N) is 1. The van der Waals surface area contributed by atoms with Crippen molar-refractivity contribution >= 4 is 11.7 Å². The van der Waals surface area contributed by atoms with Gasteiger partial charge in [0.25, 0.3) is 0 Å². The number of guanidine groups is 1. The Morgan fingerprint density at radius 3 is 2.62 bits per heavy atom. The summed E-state index contributed by atoms with van der Waals surface area (Å²) in [5, 5.41) is 17.6. The van der Waals surface area contributed by atoms with E-state index in [4.69, 9.17) is 16.6 Å². The minimum atomic E-state index is 0.0493. The summed E-state index contributed by atoms with van der Waals surface area (Å²) in [7, 11) is 0. The second kappa shape index (κ2) is 4.25. The van der Waals surface area contributed by atoms with Crippen LogP contribution in [0.15, 0.2) is 0 Å². The molecule has 0 aromatic carbocycles. The maximum atomic E-state index is 7.55. The van der Waals surface area contributed by atoms with E-state index in [1.54, 1.807) is 0 Å². The molecular formula is C9H18N4. The van der Waals surface area contributed by atoms with Crippen molar-refractivity contribution in [3.8, 4) is 0 Å². The third-order valence-corrected chi connectivity index (χ3v) is 2.65. The Morgan fingerprint density at radius 1 is 1.38 bits per heavy atom. The molecule has 0 amide bonds. The van der Waals surface area contributed by atoms with Crippen LogP contribution in [0, 0.1) is 16.7 Å². The Morgan fingerprint density at radius 2 is 2.08 bits per heavy atom. The van der Waals surface area contributed by atoms with Crippen molar-refractivity contribution in [2.75, 3.05) is 0 Å². The summed E-state index contributed by atoms with van der Waals surface area (Å²) in [6.45, 7) is 1.86. The molecule has 1 rings (SSSR count). The summed E-state index contributed by atoms with van der Waals surface area (Å²) in [5.74, 6) is 0.443. The van der Waals surface area contributed by atoms with Crippen LogP contribution in [0.3, 0.4) is 0 Å². The van der Waals surface area contributed by atoms with Crippen molar-refractivity contribution in [3.05, 3.63) is 0 Å². The zero-order chi connectivity index (χ0) is 9.84. The maximum absolute atomic E-state index is 7.55. The van der Waals surface area contributed by atoms with Gasteiger partial charge >= 0.3 is 0 Å². The molecule has 4 nitrogen and oxygen atoms in total. The lowest BCUT2D eigenvalue weighted by atomic mass is 9.83. The Labute approximate surface area is 78.9 Å². The number of nitrogens with one attached hydrogen (secondary N) is 3. The van der Waals surface area contributed by atoms with Crippen molar-refractivity contribution in [2.24, 2.45) is 11.7 Å². The lowest BCUT2D eigenvalue weighted by Gasteiger charge is -2.29. The van der Waals surface area contributed by atoms with E-state index in [1.807, 2.05) is 6.92 Å². The molecule has 0 saturated heterocycles. The van der Waals surface area contributed by atoms with E-state index in [9.17, 15) is 0 Å². The fourth-order valence-corrected chi connectivity index (χ4v) is 1.93. The molecule has 0 unspecified atom stereocenters. The van der Waals surface area contributed by atoms with Crippen LogP contribution in [-0.2, 0) is 0 Å². The van der Waals surface area contributed by atoms with Crippen molar-refractivity contribution in [1.29, 1.82) is 10.8 Å². The fraction of sp³-hybridized carbons (Fsp3) is 0.778. The number of hydrogen-bond donors (Lipinski definition) is 4. The molecule has 1 fully saturated rings. The molecule has 1 saturated carbocycles. The van der Waals surface area contributed by atoms with Crippen LogP contribution in [0.25, 0.3) is 0 Å². The normalized spacial score (nSPS) is 28.1. The van der Waals surface area contributed by atoms with Crippen LogP contribution in [0.4, 0.5) is 0 Å². The zero-order valence-corrected chi connectivity index (χ0v) is 8.06. The Balaban J connectivity index is 2.41. The molecule has 0 aromatic rings. The third-order valence-electron chi connectivity index (χ3n) is 2.65. The quantitative estimate of drug-likeness (QED) is 0.380. The van der Waals surface area contributed by atoms with Gasteiger partial charge in [-0.3, -0.25) is 5.41 Å². The van der Waals surface area contributed by atoms with Gasteiger partial charge in [-0.15, -0.1) is 0 Å². The van der Waals surface area contributed by atoms with Gasteiger partial charge in [0.05, 0.1) is 0 Å². The molecule has 0 heterocycles. The lowest BCUT2D eigenvalue weighted by molar-refractivity contribution is 0.364. The second-order valence-corrected chi connectivity index (χ2v) is 3.80. The number of rotatable bonds is 2. The van der Waals surface area contributed by atoms with E-state index < -0.39 is 0 Å². The van der Waals surface area contributed by atoms with Crippen LogP contribution < -0.4 is 11.1 Å². The first kappa shape index (κ1) is 10.0. The van der Waals surface area contributed by atoms with Gasteiger partial charge in [0, 0.05) is 11.8 Å². The molecule has 13 heavy (non-hydrogen) atoms. The third kappa shape index (κ3) is 3.05. The summed E-state index contributed by atoms with van der Waals surface area (Å²) >= 11 is 0. The Hall–Kier alpha value is -1.06. The first-order chi connectivity index (χ1) is 6.09. The molecule has 0 aromatic heterocycles. The Bertz CT molecular complexity index is 212. The Kier molecular flexibility index (Phi) is 3.28. The van der Waals surface area contributed by atoms with Gasteiger partial charge in [0.2, 0.25) is 0 Å². The molecule has 0 spiro atoms. The van der Waals surface area contributed by atoms with Crippen LogP contribution >= 0.6 is 0 Å². The van der Waals surface area contributed by atoms with Crippen LogP contribution in [0.5, 0.6) is 0 Å². The summed E-state index contributed by atoms with van der Waals surface area (Å²) in [4.78, 5) is 0. The van der Waals surface area contributed by atoms with E-state index in [0.717, 1.165) is 31.4 Å². The molecule has 0 radical (unpaired) electrons. The van der Waals surface area contributed by atoms with Gasteiger partial charge in [-0.1, -0.05) is 6.42 Å². The van der Waals surface area contributed by atoms with Crippen molar-refractivity contribution < 1.29 is 0 Å². The molecule has 1 aliphatic rings. The SMILES string of the molecule is CC(=N)[C@H]1CCC[C@@H](NC(=N)N)C1. The first-order valence-electron chi connectivity index (χ1n) is 4.75. The highest BCUT2D eigenvalue weighted by Gasteiger charge is 2.23. The summed E-state index contributed by atoms with van der Waals surface area (Å²) in [6, 6.07) is 0.302. The topological polar surface area (TPSA) is 85.8 Å². The van der Waals surface area contributed by atoms with Gasteiger partial charge in [-0.05, 0) is 32.1 Å². The van der Waals surface area contributed by atoms with E-state index in [-0.39, 0.29) is 5.96 Å². The van der Waals surface area contributed by atoms with Gasteiger partial charge in [-0.25, -0.2) is 0 Å². The smallest absolute Gasteiger partial charge is 0.185 e. The zero-order valence-electron chi connectivity index (χ0n) is 8.06.